The van der Waals surface area contributed by atoms with Crippen molar-refractivity contribution in [2.75, 3.05) is 0 Å². The maximum atomic E-state index is 3.88. The van der Waals surface area contributed by atoms with Gasteiger partial charge in [-0.1, -0.05) is 40.5 Å². The zero-order valence-electron chi connectivity index (χ0n) is 12.6. The van der Waals surface area contributed by atoms with Gasteiger partial charge in [-0.25, -0.2) is 0 Å². The first-order valence-electron chi connectivity index (χ1n) is 7.84. The monoisotopic (exact) mass is 239 g/mol. The van der Waals surface area contributed by atoms with Crippen LogP contribution in [0.25, 0.3) is 0 Å². The molecule has 0 aliphatic heterocycles. The van der Waals surface area contributed by atoms with Crippen molar-refractivity contribution >= 4 is 0 Å². The van der Waals surface area contributed by atoms with Gasteiger partial charge in [0.05, 0.1) is 0 Å². The highest BCUT2D eigenvalue weighted by atomic mass is 15.0. The average molecular weight is 239 g/mol. The van der Waals surface area contributed by atoms with E-state index in [0.29, 0.717) is 6.04 Å². The third-order valence-electron chi connectivity index (χ3n) is 4.97. The van der Waals surface area contributed by atoms with E-state index in [-0.39, 0.29) is 0 Å². The SMILES string of the molecule is CCC(CC)C(C)NC1CCC(C(C)C)CC1. The Kier molecular flexibility index (Phi) is 6.54. The van der Waals surface area contributed by atoms with Gasteiger partial charge in [-0.15, -0.1) is 0 Å². The Morgan fingerprint density at radius 1 is 0.941 bits per heavy atom. The van der Waals surface area contributed by atoms with Gasteiger partial charge in [0.15, 0.2) is 0 Å². The van der Waals surface area contributed by atoms with E-state index < -0.39 is 0 Å². The van der Waals surface area contributed by atoms with Crippen LogP contribution in [-0.4, -0.2) is 12.1 Å². The topological polar surface area (TPSA) is 12.0 Å². The predicted octanol–water partition coefficient (Wildman–Crippen LogP) is 4.62. The van der Waals surface area contributed by atoms with Crippen LogP contribution >= 0.6 is 0 Å². The van der Waals surface area contributed by atoms with Gasteiger partial charge in [0, 0.05) is 12.1 Å². The summed E-state index contributed by atoms with van der Waals surface area (Å²) in [6.45, 7) is 11.8. The molecule has 0 heterocycles. The molecule has 1 heteroatoms. The Labute approximate surface area is 109 Å². The van der Waals surface area contributed by atoms with Gasteiger partial charge in [0.2, 0.25) is 0 Å². The molecule has 0 aromatic carbocycles. The standard InChI is InChI=1S/C16H33N/c1-6-14(7-2)13(5)17-16-10-8-15(9-11-16)12(3)4/h12-17H,6-11H2,1-5H3. The van der Waals surface area contributed by atoms with E-state index in [1.54, 1.807) is 0 Å². The van der Waals surface area contributed by atoms with Crippen molar-refractivity contribution < 1.29 is 0 Å². The van der Waals surface area contributed by atoms with E-state index >= 15 is 0 Å². The molecule has 0 saturated heterocycles. The van der Waals surface area contributed by atoms with Gasteiger partial charge in [-0.2, -0.15) is 0 Å². The lowest BCUT2D eigenvalue weighted by molar-refractivity contribution is 0.214. The summed E-state index contributed by atoms with van der Waals surface area (Å²) in [5, 5.41) is 3.88. The van der Waals surface area contributed by atoms with E-state index in [0.717, 1.165) is 23.8 Å². The summed E-state index contributed by atoms with van der Waals surface area (Å²) >= 11 is 0. The van der Waals surface area contributed by atoms with Crippen LogP contribution < -0.4 is 5.32 Å². The molecule has 0 aromatic rings. The molecule has 0 spiro atoms. The second kappa shape index (κ2) is 7.41. The highest BCUT2D eigenvalue weighted by Gasteiger charge is 2.25. The van der Waals surface area contributed by atoms with E-state index in [1.807, 2.05) is 0 Å². The molecule has 0 amide bonds. The first-order valence-corrected chi connectivity index (χ1v) is 7.84. The summed E-state index contributed by atoms with van der Waals surface area (Å²) in [4.78, 5) is 0. The summed E-state index contributed by atoms with van der Waals surface area (Å²) in [5.74, 6) is 2.72. The Hall–Kier alpha value is -0.0400. The average Bonchev–Trinajstić information content (AvgIpc) is 2.31. The predicted molar refractivity (Wildman–Crippen MR) is 77.3 cm³/mol. The minimum Gasteiger partial charge on any atom is -0.311 e. The molecule has 1 aliphatic rings. The first-order chi connectivity index (χ1) is 8.08. The molecule has 1 N–H and O–H groups in total. The highest BCUT2D eigenvalue weighted by Crippen LogP contribution is 2.30. The quantitative estimate of drug-likeness (QED) is 0.713. The van der Waals surface area contributed by atoms with Crippen molar-refractivity contribution in [1.82, 2.24) is 5.32 Å². The molecule has 0 aromatic heterocycles. The van der Waals surface area contributed by atoms with Crippen molar-refractivity contribution in [2.45, 2.75) is 85.2 Å². The summed E-state index contributed by atoms with van der Waals surface area (Å²) in [6, 6.07) is 1.49. The Morgan fingerprint density at radius 3 is 1.88 bits per heavy atom. The van der Waals surface area contributed by atoms with Gasteiger partial charge < -0.3 is 5.32 Å². The Bertz CT molecular complexity index is 188. The van der Waals surface area contributed by atoms with Crippen LogP contribution in [0.1, 0.15) is 73.1 Å². The van der Waals surface area contributed by atoms with Gasteiger partial charge in [0.1, 0.15) is 0 Å². The minimum absolute atomic E-state index is 0.700. The smallest absolute Gasteiger partial charge is 0.00698 e. The minimum atomic E-state index is 0.700. The molecule has 1 nitrogen and oxygen atoms in total. The van der Waals surface area contributed by atoms with Crippen LogP contribution in [0.15, 0.2) is 0 Å². The molecular formula is C16H33N. The molecule has 1 atom stereocenters. The Morgan fingerprint density at radius 2 is 1.47 bits per heavy atom. The summed E-state index contributed by atoms with van der Waals surface area (Å²) in [6.07, 6.45) is 8.29. The third-order valence-corrected chi connectivity index (χ3v) is 4.97. The van der Waals surface area contributed by atoms with Crippen LogP contribution in [0.4, 0.5) is 0 Å². The van der Waals surface area contributed by atoms with Crippen molar-refractivity contribution in [1.29, 1.82) is 0 Å². The van der Waals surface area contributed by atoms with Crippen molar-refractivity contribution in [3.8, 4) is 0 Å². The normalized spacial score (nSPS) is 27.7. The molecule has 1 unspecified atom stereocenters. The van der Waals surface area contributed by atoms with Crippen LogP contribution in [0, 0.1) is 17.8 Å². The van der Waals surface area contributed by atoms with Crippen molar-refractivity contribution in [2.24, 2.45) is 17.8 Å². The van der Waals surface area contributed by atoms with Crippen LogP contribution in [0.3, 0.4) is 0 Å². The first kappa shape index (κ1) is 15.0. The molecule has 17 heavy (non-hydrogen) atoms. The maximum Gasteiger partial charge on any atom is 0.00698 e. The lowest BCUT2D eigenvalue weighted by atomic mass is 9.79. The van der Waals surface area contributed by atoms with E-state index in [2.05, 4.69) is 39.9 Å². The zero-order valence-corrected chi connectivity index (χ0v) is 12.6. The van der Waals surface area contributed by atoms with E-state index in [1.165, 1.54) is 38.5 Å². The fourth-order valence-corrected chi connectivity index (χ4v) is 3.46. The number of hydrogen-bond acceptors (Lipinski definition) is 1. The summed E-state index contributed by atoms with van der Waals surface area (Å²) in [5.41, 5.74) is 0. The van der Waals surface area contributed by atoms with Crippen molar-refractivity contribution in [3.05, 3.63) is 0 Å². The third kappa shape index (κ3) is 4.62. The largest absolute Gasteiger partial charge is 0.311 e. The fraction of sp³-hybridized carbons (Fsp3) is 1.00. The Balaban J connectivity index is 2.30. The molecule has 1 fully saturated rings. The maximum absolute atomic E-state index is 3.88. The highest BCUT2D eigenvalue weighted by molar-refractivity contribution is 4.82. The second-order valence-corrected chi connectivity index (χ2v) is 6.39. The number of hydrogen-bond donors (Lipinski definition) is 1. The van der Waals surface area contributed by atoms with Gasteiger partial charge in [-0.05, 0) is 50.4 Å². The number of rotatable bonds is 6. The fourth-order valence-electron chi connectivity index (χ4n) is 3.46. The molecule has 1 rings (SSSR count). The van der Waals surface area contributed by atoms with Gasteiger partial charge in [0.25, 0.3) is 0 Å². The molecule has 0 radical (unpaired) electrons. The lowest BCUT2D eigenvalue weighted by Gasteiger charge is -2.34. The van der Waals surface area contributed by atoms with E-state index in [4.69, 9.17) is 0 Å². The zero-order chi connectivity index (χ0) is 12.8. The molecule has 0 bridgehead atoms. The second-order valence-electron chi connectivity index (χ2n) is 6.39. The summed E-state index contributed by atoms with van der Waals surface area (Å²) in [7, 11) is 0. The van der Waals surface area contributed by atoms with Crippen LogP contribution in [0.5, 0.6) is 0 Å². The van der Waals surface area contributed by atoms with E-state index in [9.17, 15) is 0 Å². The molecular weight excluding hydrogens is 206 g/mol. The van der Waals surface area contributed by atoms with Crippen LogP contribution in [0.2, 0.25) is 0 Å². The van der Waals surface area contributed by atoms with Gasteiger partial charge >= 0.3 is 0 Å². The van der Waals surface area contributed by atoms with Crippen molar-refractivity contribution in [3.63, 3.8) is 0 Å². The van der Waals surface area contributed by atoms with Gasteiger partial charge in [-0.3, -0.25) is 0 Å². The molecule has 102 valence electrons. The lowest BCUT2D eigenvalue weighted by Crippen LogP contribution is -2.42. The van der Waals surface area contributed by atoms with Crippen LogP contribution in [-0.2, 0) is 0 Å². The molecule has 1 saturated carbocycles. The number of nitrogens with one attached hydrogen (secondary N) is 1. The molecule has 1 aliphatic carbocycles. The summed E-state index contributed by atoms with van der Waals surface area (Å²) < 4.78 is 0.